The molecule has 0 unspecified atom stereocenters. The number of rotatable bonds is 2. The Balaban J connectivity index is 1.56. The molecule has 32 heavy (non-hydrogen) atoms. The Bertz CT molecular complexity index is 1320. The molecule has 0 atom stereocenters. The summed E-state index contributed by atoms with van der Waals surface area (Å²) in [6, 6.07) is 23.0. The Labute approximate surface area is 183 Å². The van der Waals surface area contributed by atoms with Crippen molar-refractivity contribution in [1.29, 1.82) is 0 Å². The molecule has 0 spiro atoms. The van der Waals surface area contributed by atoms with Crippen LogP contribution >= 0.6 is 0 Å². The highest BCUT2D eigenvalue weighted by molar-refractivity contribution is 5.90. The van der Waals surface area contributed by atoms with Crippen molar-refractivity contribution >= 4 is 16.3 Å². The van der Waals surface area contributed by atoms with Crippen molar-refractivity contribution in [2.75, 3.05) is 13.6 Å². The first-order valence-corrected chi connectivity index (χ1v) is 10.3. The average molecular weight is 431 g/mol. The van der Waals surface area contributed by atoms with E-state index in [1.165, 1.54) is 16.8 Å². The molecule has 1 aliphatic rings. The molecule has 0 N–H and O–H groups in total. The molecule has 0 bridgehead atoms. The second-order valence-corrected chi connectivity index (χ2v) is 8.05. The summed E-state index contributed by atoms with van der Waals surface area (Å²) in [5.74, 6) is 0. The number of benzene rings is 3. The number of aromatic nitrogens is 2. The second kappa shape index (κ2) is 7.88. The topological polar surface area (TPSA) is 29.0 Å². The van der Waals surface area contributed by atoms with Crippen LogP contribution in [-0.2, 0) is 12.7 Å². The Morgan fingerprint density at radius 2 is 1.59 bits per heavy atom. The SMILES string of the molecule is CN1CC=C(c2ccc3ccccc3c2)c2ccc(-c3ccc(C(F)(F)F)nn3)cc2C1. The fourth-order valence-corrected chi connectivity index (χ4v) is 4.13. The molecule has 0 saturated heterocycles. The maximum absolute atomic E-state index is 12.8. The lowest BCUT2D eigenvalue weighted by atomic mass is 9.91. The molecule has 0 radical (unpaired) electrons. The van der Waals surface area contributed by atoms with Gasteiger partial charge in [-0.1, -0.05) is 54.6 Å². The number of alkyl halides is 3. The van der Waals surface area contributed by atoms with Gasteiger partial charge in [0.2, 0.25) is 0 Å². The largest absolute Gasteiger partial charge is 0.435 e. The van der Waals surface area contributed by atoms with Crippen molar-refractivity contribution in [3.63, 3.8) is 0 Å². The van der Waals surface area contributed by atoms with Gasteiger partial charge in [0.05, 0.1) is 5.69 Å². The van der Waals surface area contributed by atoms with Crippen molar-refractivity contribution in [1.82, 2.24) is 15.1 Å². The fraction of sp³-hybridized carbons (Fsp3) is 0.154. The molecule has 1 aromatic heterocycles. The van der Waals surface area contributed by atoms with Gasteiger partial charge in [-0.2, -0.15) is 13.2 Å². The van der Waals surface area contributed by atoms with E-state index in [0.29, 0.717) is 5.69 Å². The van der Waals surface area contributed by atoms with Crippen LogP contribution in [0.4, 0.5) is 13.2 Å². The molecule has 5 rings (SSSR count). The number of hydrogen-bond donors (Lipinski definition) is 0. The molecule has 3 nitrogen and oxygen atoms in total. The van der Waals surface area contributed by atoms with Crippen LogP contribution in [-0.4, -0.2) is 28.7 Å². The van der Waals surface area contributed by atoms with E-state index in [-0.39, 0.29) is 0 Å². The molecular formula is C26H20F3N3. The van der Waals surface area contributed by atoms with Crippen LogP contribution < -0.4 is 0 Å². The van der Waals surface area contributed by atoms with E-state index < -0.39 is 11.9 Å². The van der Waals surface area contributed by atoms with E-state index in [1.807, 2.05) is 37.4 Å². The number of likely N-dealkylation sites (N-methyl/N-ethyl adjacent to an activating group) is 1. The monoisotopic (exact) mass is 431 g/mol. The number of fused-ring (bicyclic) bond motifs is 2. The third-order valence-corrected chi connectivity index (χ3v) is 5.75. The van der Waals surface area contributed by atoms with Gasteiger partial charge in [0.15, 0.2) is 5.69 Å². The zero-order valence-electron chi connectivity index (χ0n) is 17.4. The van der Waals surface area contributed by atoms with Crippen LogP contribution in [0.2, 0.25) is 0 Å². The third-order valence-electron chi connectivity index (χ3n) is 5.75. The van der Waals surface area contributed by atoms with E-state index in [1.54, 1.807) is 0 Å². The van der Waals surface area contributed by atoms with Crippen LogP contribution in [0.3, 0.4) is 0 Å². The Kier molecular flexibility index (Phi) is 5.02. The van der Waals surface area contributed by atoms with Crippen LogP contribution in [0.5, 0.6) is 0 Å². The molecule has 1 aliphatic heterocycles. The van der Waals surface area contributed by atoms with Gasteiger partial charge in [-0.15, -0.1) is 10.2 Å². The smallest absolute Gasteiger partial charge is 0.298 e. The van der Waals surface area contributed by atoms with Gasteiger partial charge in [0.25, 0.3) is 0 Å². The van der Waals surface area contributed by atoms with Gasteiger partial charge in [-0.25, -0.2) is 0 Å². The predicted octanol–water partition coefficient (Wildman–Crippen LogP) is 6.19. The summed E-state index contributed by atoms with van der Waals surface area (Å²) in [6.07, 6.45) is -2.27. The molecule has 4 aromatic rings. The van der Waals surface area contributed by atoms with E-state index >= 15 is 0 Å². The minimum atomic E-state index is -4.50. The Morgan fingerprint density at radius 3 is 2.34 bits per heavy atom. The van der Waals surface area contributed by atoms with Gasteiger partial charge >= 0.3 is 6.18 Å². The van der Waals surface area contributed by atoms with Crippen LogP contribution in [0.15, 0.2) is 78.9 Å². The molecule has 0 aliphatic carbocycles. The highest BCUT2D eigenvalue weighted by Crippen LogP contribution is 2.34. The molecule has 0 saturated carbocycles. The first-order chi connectivity index (χ1) is 15.4. The normalized spacial score (nSPS) is 14.7. The van der Waals surface area contributed by atoms with E-state index in [4.69, 9.17) is 0 Å². The summed E-state index contributed by atoms with van der Waals surface area (Å²) in [7, 11) is 2.05. The Morgan fingerprint density at radius 1 is 0.812 bits per heavy atom. The van der Waals surface area contributed by atoms with Gasteiger partial charge in [-0.3, -0.25) is 4.90 Å². The average Bonchev–Trinajstić information content (AvgIpc) is 2.96. The van der Waals surface area contributed by atoms with Crippen LogP contribution in [0.1, 0.15) is 22.4 Å². The van der Waals surface area contributed by atoms with E-state index in [2.05, 4.69) is 51.5 Å². The minimum Gasteiger partial charge on any atom is -0.298 e. The first-order valence-electron chi connectivity index (χ1n) is 10.3. The first kappa shape index (κ1) is 20.4. The van der Waals surface area contributed by atoms with Crippen molar-refractivity contribution in [3.05, 3.63) is 101 Å². The summed E-state index contributed by atoms with van der Waals surface area (Å²) in [5, 5.41) is 9.56. The fourth-order valence-electron chi connectivity index (χ4n) is 4.13. The van der Waals surface area contributed by atoms with Crippen molar-refractivity contribution < 1.29 is 13.2 Å². The molecule has 0 amide bonds. The van der Waals surface area contributed by atoms with Crippen molar-refractivity contribution in [3.8, 4) is 11.3 Å². The molecule has 2 heterocycles. The van der Waals surface area contributed by atoms with Gasteiger partial charge in [-0.05, 0) is 64.3 Å². The number of halogens is 3. The molecule has 160 valence electrons. The highest BCUT2D eigenvalue weighted by atomic mass is 19.4. The van der Waals surface area contributed by atoms with Crippen molar-refractivity contribution in [2.45, 2.75) is 12.7 Å². The zero-order valence-corrected chi connectivity index (χ0v) is 17.4. The summed E-state index contributed by atoms with van der Waals surface area (Å²) in [5.41, 5.74) is 4.69. The maximum atomic E-state index is 12.8. The quantitative estimate of drug-likeness (QED) is 0.379. The third kappa shape index (κ3) is 3.89. The number of hydrogen-bond acceptors (Lipinski definition) is 3. The maximum Gasteiger partial charge on any atom is 0.435 e. The zero-order chi connectivity index (χ0) is 22.3. The Hall–Kier alpha value is -3.51. The van der Waals surface area contributed by atoms with E-state index in [0.717, 1.165) is 47.0 Å². The summed E-state index contributed by atoms with van der Waals surface area (Å²) < 4.78 is 38.5. The molecule has 6 heteroatoms. The summed E-state index contributed by atoms with van der Waals surface area (Å²) >= 11 is 0. The van der Waals surface area contributed by atoms with Crippen LogP contribution in [0.25, 0.3) is 27.6 Å². The van der Waals surface area contributed by atoms with Gasteiger partial charge < -0.3 is 0 Å². The summed E-state index contributed by atoms with van der Waals surface area (Å²) in [4.78, 5) is 2.20. The van der Waals surface area contributed by atoms with Gasteiger partial charge in [0.1, 0.15) is 0 Å². The molecule has 0 fully saturated rings. The summed E-state index contributed by atoms with van der Waals surface area (Å²) in [6.45, 7) is 1.52. The van der Waals surface area contributed by atoms with E-state index in [9.17, 15) is 13.2 Å². The molecular weight excluding hydrogens is 411 g/mol. The van der Waals surface area contributed by atoms with Gasteiger partial charge in [0, 0.05) is 18.7 Å². The van der Waals surface area contributed by atoms with Crippen LogP contribution in [0, 0.1) is 0 Å². The number of nitrogens with zero attached hydrogens (tertiary/aromatic N) is 3. The predicted molar refractivity (Wildman–Crippen MR) is 120 cm³/mol. The highest BCUT2D eigenvalue weighted by Gasteiger charge is 2.33. The minimum absolute atomic E-state index is 0.420. The molecule has 3 aromatic carbocycles. The standard InChI is InChI=1S/C26H20F3N3/c1-32-13-12-23(19-7-6-17-4-2-3-5-18(17)14-19)22-9-8-20(15-21(22)16-32)24-10-11-25(31-30-24)26(27,28)29/h2-12,14-15H,13,16H2,1H3. The van der Waals surface area contributed by atoms with Crippen molar-refractivity contribution in [2.24, 2.45) is 0 Å². The lowest BCUT2D eigenvalue weighted by molar-refractivity contribution is -0.141. The second-order valence-electron chi connectivity index (χ2n) is 8.05. The lowest BCUT2D eigenvalue weighted by Gasteiger charge is -2.16. The lowest BCUT2D eigenvalue weighted by Crippen LogP contribution is -2.16.